The van der Waals surface area contributed by atoms with Crippen molar-refractivity contribution in [2.45, 2.75) is 13.3 Å². The summed E-state index contributed by atoms with van der Waals surface area (Å²) >= 11 is 0. The maximum absolute atomic E-state index is 12.2. The molecule has 3 N–H and O–H groups in total. The average Bonchev–Trinajstić information content (AvgIpc) is 2.16. The summed E-state index contributed by atoms with van der Waals surface area (Å²) in [5.74, 6) is 0.976. The average molecular weight is 231 g/mol. The molecule has 1 rings (SSSR count). The van der Waals surface area contributed by atoms with Crippen LogP contribution < -0.4 is 16.0 Å². The summed E-state index contributed by atoms with van der Waals surface area (Å²) in [5.41, 5.74) is 5.48. The van der Waals surface area contributed by atoms with E-state index < -0.39 is 6.43 Å². The lowest BCUT2D eigenvalue weighted by molar-refractivity contribution is 0.156. The van der Waals surface area contributed by atoms with Gasteiger partial charge in [0.2, 0.25) is 5.95 Å². The van der Waals surface area contributed by atoms with E-state index in [-0.39, 0.29) is 12.5 Å². The number of rotatable bonds is 5. The van der Waals surface area contributed by atoms with Crippen LogP contribution in [-0.4, -0.2) is 36.5 Å². The molecule has 0 aromatic carbocycles. The van der Waals surface area contributed by atoms with E-state index >= 15 is 0 Å². The number of anilines is 3. The van der Waals surface area contributed by atoms with Crippen molar-refractivity contribution in [2.24, 2.45) is 0 Å². The lowest BCUT2D eigenvalue weighted by atomic mass is 10.4. The largest absolute Gasteiger partial charge is 0.370 e. The number of nitrogens with one attached hydrogen (secondary N) is 1. The second-order valence-electron chi connectivity index (χ2n) is 3.27. The van der Waals surface area contributed by atoms with E-state index in [9.17, 15) is 8.78 Å². The van der Waals surface area contributed by atoms with E-state index in [0.29, 0.717) is 18.2 Å². The van der Waals surface area contributed by atoms with Gasteiger partial charge in [-0.1, -0.05) is 0 Å². The molecule has 7 heteroatoms. The van der Waals surface area contributed by atoms with Gasteiger partial charge in [-0.25, -0.2) is 8.78 Å². The number of hydrogen-bond acceptors (Lipinski definition) is 5. The molecule has 0 saturated heterocycles. The lowest BCUT2D eigenvalue weighted by Crippen LogP contribution is -2.25. The summed E-state index contributed by atoms with van der Waals surface area (Å²) < 4.78 is 24.4. The summed E-state index contributed by atoms with van der Waals surface area (Å²) in [5, 5.41) is 2.95. The molecule has 0 aliphatic carbocycles. The van der Waals surface area contributed by atoms with Crippen molar-refractivity contribution in [3.8, 4) is 0 Å². The molecule has 1 aromatic rings. The Bertz CT molecular complexity index is 345. The molecule has 1 heterocycles. The minimum absolute atomic E-state index is 0.0644. The fraction of sp³-hybridized carbons (Fsp3) is 0.556. The van der Waals surface area contributed by atoms with Crippen LogP contribution in [0.5, 0.6) is 0 Å². The monoisotopic (exact) mass is 231 g/mol. The van der Waals surface area contributed by atoms with Crippen LogP contribution in [0.3, 0.4) is 0 Å². The van der Waals surface area contributed by atoms with Gasteiger partial charge < -0.3 is 16.0 Å². The van der Waals surface area contributed by atoms with Gasteiger partial charge in [-0.05, 0) is 6.92 Å². The van der Waals surface area contributed by atoms with Gasteiger partial charge in [0, 0.05) is 19.7 Å². The van der Waals surface area contributed by atoms with Crippen LogP contribution >= 0.6 is 0 Å². The van der Waals surface area contributed by atoms with Crippen LogP contribution in [0.4, 0.5) is 26.4 Å². The molecule has 0 aliphatic heterocycles. The van der Waals surface area contributed by atoms with Gasteiger partial charge in [-0.2, -0.15) is 9.97 Å². The van der Waals surface area contributed by atoms with Gasteiger partial charge in [0.05, 0.1) is 6.54 Å². The van der Waals surface area contributed by atoms with Crippen molar-refractivity contribution < 1.29 is 8.78 Å². The van der Waals surface area contributed by atoms with E-state index in [2.05, 4.69) is 15.3 Å². The Hall–Kier alpha value is -1.66. The van der Waals surface area contributed by atoms with E-state index in [1.807, 2.05) is 6.92 Å². The Morgan fingerprint density at radius 1 is 1.50 bits per heavy atom. The Morgan fingerprint density at radius 3 is 2.75 bits per heavy atom. The molecule has 1 aromatic heterocycles. The van der Waals surface area contributed by atoms with Crippen molar-refractivity contribution in [3.63, 3.8) is 0 Å². The van der Waals surface area contributed by atoms with Crippen molar-refractivity contribution >= 4 is 17.6 Å². The third-order valence-electron chi connectivity index (χ3n) is 1.89. The summed E-state index contributed by atoms with van der Waals surface area (Å²) in [6.07, 6.45) is -2.41. The molecule has 0 atom stereocenters. The molecule has 0 aliphatic rings. The first-order chi connectivity index (χ1) is 7.52. The number of aromatic nitrogens is 2. The van der Waals surface area contributed by atoms with Gasteiger partial charge in [0.1, 0.15) is 11.6 Å². The highest BCUT2D eigenvalue weighted by Gasteiger charge is 2.11. The van der Waals surface area contributed by atoms with Crippen LogP contribution in [0.1, 0.15) is 6.92 Å². The van der Waals surface area contributed by atoms with Gasteiger partial charge in [-0.15, -0.1) is 0 Å². The van der Waals surface area contributed by atoms with Gasteiger partial charge in [-0.3, -0.25) is 0 Å². The van der Waals surface area contributed by atoms with Gasteiger partial charge >= 0.3 is 0 Å². The fourth-order valence-electron chi connectivity index (χ4n) is 1.22. The Labute approximate surface area is 92.7 Å². The smallest absolute Gasteiger partial charge is 0.255 e. The van der Waals surface area contributed by atoms with Crippen molar-refractivity contribution in [1.82, 2.24) is 9.97 Å². The SMILES string of the molecule is CCNc1cc(N(C)CC(F)F)nc(N)n1. The maximum atomic E-state index is 12.2. The third-order valence-corrected chi connectivity index (χ3v) is 1.89. The molecule has 0 fully saturated rings. The van der Waals surface area contributed by atoms with Crippen LogP contribution in [0, 0.1) is 0 Å². The van der Waals surface area contributed by atoms with Gasteiger partial charge in [0.25, 0.3) is 6.43 Å². The Kier molecular flexibility index (Phi) is 4.21. The molecule has 90 valence electrons. The molecular weight excluding hydrogens is 216 g/mol. The molecular formula is C9H15F2N5. The first kappa shape index (κ1) is 12.4. The summed E-state index contributed by atoms with van der Waals surface area (Å²) in [7, 11) is 1.53. The number of nitrogens with two attached hydrogens (primary N) is 1. The second-order valence-corrected chi connectivity index (χ2v) is 3.27. The predicted octanol–water partition coefficient (Wildman–Crippen LogP) is 1.19. The van der Waals surface area contributed by atoms with Crippen molar-refractivity contribution in [2.75, 3.05) is 36.1 Å². The summed E-state index contributed by atoms with van der Waals surface area (Å²) in [6.45, 7) is 2.19. The molecule has 0 amide bonds. The molecule has 0 radical (unpaired) electrons. The predicted molar refractivity (Wildman–Crippen MR) is 59.9 cm³/mol. The number of halogens is 2. The molecule has 0 saturated carbocycles. The highest BCUT2D eigenvalue weighted by Crippen LogP contribution is 2.16. The zero-order valence-electron chi connectivity index (χ0n) is 9.24. The van der Waals surface area contributed by atoms with E-state index in [1.165, 1.54) is 11.9 Å². The molecule has 16 heavy (non-hydrogen) atoms. The van der Waals surface area contributed by atoms with Crippen LogP contribution in [0.2, 0.25) is 0 Å². The number of hydrogen-bond donors (Lipinski definition) is 2. The van der Waals surface area contributed by atoms with Crippen LogP contribution in [-0.2, 0) is 0 Å². The standard InChI is InChI=1S/C9H15F2N5/c1-3-13-7-4-8(15-9(12)14-7)16(2)5-6(10)11/h4,6H,3,5H2,1-2H3,(H3,12,13,14,15). The Balaban J connectivity index is 2.86. The van der Waals surface area contributed by atoms with E-state index in [4.69, 9.17) is 5.73 Å². The Morgan fingerprint density at radius 2 is 2.19 bits per heavy atom. The number of nitrogens with zero attached hydrogens (tertiary/aromatic N) is 3. The highest BCUT2D eigenvalue weighted by atomic mass is 19.3. The first-order valence-electron chi connectivity index (χ1n) is 4.90. The fourth-order valence-corrected chi connectivity index (χ4v) is 1.22. The van der Waals surface area contributed by atoms with Gasteiger partial charge in [0.15, 0.2) is 0 Å². The topological polar surface area (TPSA) is 67.1 Å². The van der Waals surface area contributed by atoms with E-state index in [0.717, 1.165) is 0 Å². The minimum atomic E-state index is -2.41. The van der Waals surface area contributed by atoms with Crippen LogP contribution in [0.15, 0.2) is 6.07 Å². The molecule has 0 bridgehead atoms. The molecule has 5 nitrogen and oxygen atoms in total. The first-order valence-corrected chi connectivity index (χ1v) is 4.90. The normalized spacial score (nSPS) is 10.6. The maximum Gasteiger partial charge on any atom is 0.255 e. The zero-order valence-corrected chi connectivity index (χ0v) is 9.24. The van der Waals surface area contributed by atoms with Crippen LogP contribution in [0.25, 0.3) is 0 Å². The molecule has 0 spiro atoms. The third kappa shape index (κ3) is 3.48. The molecule has 0 unspecified atom stereocenters. The summed E-state index contributed by atoms with van der Waals surface area (Å²) in [4.78, 5) is 9.15. The number of nitrogen functional groups attached to an aromatic ring is 1. The van der Waals surface area contributed by atoms with E-state index in [1.54, 1.807) is 6.07 Å². The van der Waals surface area contributed by atoms with Crippen molar-refractivity contribution in [1.29, 1.82) is 0 Å². The lowest BCUT2D eigenvalue weighted by Gasteiger charge is -2.18. The highest BCUT2D eigenvalue weighted by molar-refractivity contribution is 5.52. The summed E-state index contributed by atoms with van der Waals surface area (Å²) in [6, 6.07) is 1.59. The zero-order chi connectivity index (χ0) is 12.1. The second kappa shape index (κ2) is 5.43. The minimum Gasteiger partial charge on any atom is -0.370 e. The van der Waals surface area contributed by atoms with Crippen molar-refractivity contribution in [3.05, 3.63) is 6.07 Å². The number of alkyl halides is 2. The quantitative estimate of drug-likeness (QED) is 0.796.